The minimum atomic E-state index is -3.98. The van der Waals surface area contributed by atoms with Crippen molar-refractivity contribution in [2.75, 3.05) is 13.1 Å². The number of carbonyl (C=O) groups excluding carboxylic acids is 3. The first-order chi connectivity index (χ1) is 19.6. The zero-order valence-corrected chi connectivity index (χ0v) is 24.7. The van der Waals surface area contributed by atoms with E-state index in [1.807, 2.05) is 50.2 Å². The molecule has 216 valence electrons. The fourth-order valence-electron chi connectivity index (χ4n) is 4.76. The molecule has 1 aliphatic heterocycles. The van der Waals surface area contributed by atoms with Gasteiger partial charge < -0.3 is 10.2 Å². The number of amides is 3. The van der Waals surface area contributed by atoms with Crippen molar-refractivity contribution in [2.24, 2.45) is 5.92 Å². The van der Waals surface area contributed by atoms with Crippen LogP contribution >= 0.6 is 11.6 Å². The molecule has 0 unspecified atom stereocenters. The lowest BCUT2D eigenvalue weighted by Crippen LogP contribution is -2.51. The first-order valence-corrected chi connectivity index (χ1v) is 15.4. The van der Waals surface area contributed by atoms with Crippen LogP contribution in [-0.2, 0) is 32.6 Å². The zero-order chi connectivity index (χ0) is 29.6. The summed E-state index contributed by atoms with van der Waals surface area (Å²) in [6, 6.07) is 21.8. The van der Waals surface area contributed by atoms with Crippen LogP contribution in [0.3, 0.4) is 0 Å². The molecule has 0 aliphatic carbocycles. The number of sulfonamides is 1. The highest BCUT2D eigenvalue weighted by atomic mass is 35.5. The number of nitrogens with one attached hydrogen (secondary N) is 1. The fraction of sp³-hybridized carbons (Fsp3) is 0.323. The van der Waals surface area contributed by atoms with Crippen LogP contribution in [0, 0.1) is 5.92 Å². The van der Waals surface area contributed by atoms with Crippen LogP contribution < -0.4 is 5.32 Å². The van der Waals surface area contributed by atoms with Gasteiger partial charge in [-0.25, -0.2) is 12.7 Å². The normalized spacial score (nSPS) is 14.5. The molecule has 0 fully saturated rings. The molecule has 0 bridgehead atoms. The molecule has 0 spiro atoms. The maximum atomic E-state index is 13.8. The summed E-state index contributed by atoms with van der Waals surface area (Å²) in [5.41, 5.74) is 1.70. The highest BCUT2D eigenvalue weighted by Crippen LogP contribution is 2.30. The van der Waals surface area contributed by atoms with E-state index in [1.165, 1.54) is 17.0 Å². The lowest BCUT2D eigenvalue weighted by atomic mass is 10.0. The Bertz CT molecular complexity index is 1510. The molecule has 0 saturated heterocycles. The van der Waals surface area contributed by atoms with Crippen molar-refractivity contribution in [3.05, 3.63) is 101 Å². The predicted octanol–water partition coefficient (Wildman–Crippen LogP) is 4.68. The third kappa shape index (κ3) is 7.15. The molecule has 10 heteroatoms. The quantitative estimate of drug-likeness (QED) is 0.327. The second-order valence-corrected chi connectivity index (χ2v) is 12.7. The van der Waals surface area contributed by atoms with Gasteiger partial charge in [0.25, 0.3) is 15.9 Å². The van der Waals surface area contributed by atoms with Crippen LogP contribution in [-0.4, -0.2) is 54.5 Å². The SMILES string of the molecule is CC(C)CNC(=O)[C@@H](Cc1ccccc1)N(Cc1ccccc1Cl)C(=O)CCCN1C(=O)c2ccccc2S1(=O)=O. The van der Waals surface area contributed by atoms with Crippen molar-refractivity contribution in [1.82, 2.24) is 14.5 Å². The molecule has 0 aromatic heterocycles. The van der Waals surface area contributed by atoms with Crippen molar-refractivity contribution in [3.63, 3.8) is 0 Å². The number of rotatable bonds is 12. The smallest absolute Gasteiger partial charge is 0.269 e. The van der Waals surface area contributed by atoms with Gasteiger partial charge in [0.1, 0.15) is 10.9 Å². The van der Waals surface area contributed by atoms with Crippen molar-refractivity contribution >= 4 is 39.3 Å². The third-order valence-corrected chi connectivity index (χ3v) is 9.13. The van der Waals surface area contributed by atoms with Gasteiger partial charge in [0.05, 0.1) is 5.56 Å². The molecule has 0 saturated carbocycles. The van der Waals surface area contributed by atoms with Crippen LogP contribution in [0.4, 0.5) is 0 Å². The number of hydrogen-bond acceptors (Lipinski definition) is 5. The van der Waals surface area contributed by atoms with E-state index in [2.05, 4.69) is 5.32 Å². The second kappa shape index (κ2) is 13.3. The van der Waals surface area contributed by atoms with Crippen LogP contribution in [0.15, 0.2) is 83.8 Å². The van der Waals surface area contributed by atoms with Crippen molar-refractivity contribution in [3.8, 4) is 0 Å². The number of hydrogen-bond donors (Lipinski definition) is 1. The summed E-state index contributed by atoms with van der Waals surface area (Å²) in [6.45, 7) is 4.38. The van der Waals surface area contributed by atoms with E-state index < -0.39 is 22.0 Å². The summed E-state index contributed by atoms with van der Waals surface area (Å²) in [7, 11) is -3.98. The van der Waals surface area contributed by atoms with Gasteiger partial charge in [-0.3, -0.25) is 14.4 Å². The average Bonchev–Trinajstić information content (AvgIpc) is 3.15. The van der Waals surface area contributed by atoms with Crippen LogP contribution in [0.1, 0.15) is 48.2 Å². The molecular weight excluding hydrogens is 562 g/mol. The summed E-state index contributed by atoms with van der Waals surface area (Å²) in [5.74, 6) is -1.01. The van der Waals surface area contributed by atoms with Crippen LogP contribution in [0.25, 0.3) is 0 Å². The summed E-state index contributed by atoms with van der Waals surface area (Å²) < 4.78 is 26.7. The highest BCUT2D eigenvalue weighted by molar-refractivity contribution is 7.90. The Morgan fingerprint density at radius 1 is 0.951 bits per heavy atom. The number of halogens is 1. The van der Waals surface area contributed by atoms with Crippen molar-refractivity contribution < 1.29 is 22.8 Å². The summed E-state index contributed by atoms with van der Waals surface area (Å²) in [6.07, 6.45) is 0.320. The number of carbonyl (C=O) groups is 3. The van der Waals surface area contributed by atoms with Gasteiger partial charge in [-0.15, -0.1) is 0 Å². The molecule has 8 nitrogen and oxygen atoms in total. The highest BCUT2D eigenvalue weighted by Gasteiger charge is 2.40. The molecule has 4 rings (SSSR count). The lowest BCUT2D eigenvalue weighted by Gasteiger charge is -2.32. The van der Waals surface area contributed by atoms with Gasteiger partial charge >= 0.3 is 0 Å². The summed E-state index contributed by atoms with van der Waals surface area (Å²) in [5, 5.41) is 3.44. The maximum absolute atomic E-state index is 13.8. The molecule has 1 atom stereocenters. The van der Waals surface area contributed by atoms with E-state index in [4.69, 9.17) is 11.6 Å². The second-order valence-electron chi connectivity index (χ2n) is 10.4. The van der Waals surface area contributed by atoms with Crippen molar-refractivity contribution in [1.29, 1.82) is 0 Å². The zero-order valence-electron chi connectivity index (χ0n) is 23.1. The molecule has 1 heterocycles. The average molecular weight is 596 g/mol. The van der Waals surface area contributed by atoms with Gasteiger partial charge in [0.15, 0.2) is 0 Å². The minimum Gasteiger partial charge on any atom is -0.354 e. The molecule has 1 N–H and O–H groups in total. The number of benzene rings is 3. The van der Waals surface area contributed by atoms with E-state index in [0.717, 1.165) is 9.87 Å². The number of nitrogens with zero attached hydrogens (tertiary/aromatic N) is 2. The Morgan fingerprint density at radius 2 is 1.61 bits per heavy atom. The third-order valence-electron chi connectivity index (χ3n) is 6.92. The first kappa shape index (κ1) is 30.3. The molecule has 1 aliphatic rings. The Kier molecular flexibility index (Phi) is 9.83. The Morgan fingerprint density at radius 3 is 2.29 bits per heavy atom. The Labute approximate surface area is 246 Å². The largest absolute Gasteiger partial charge is 0.354 e. The molecule has 0 radical (unpaired) electrons. The summed E-state index contributed by atoms with van der Waals surface area (Å²) >= 11 is 6.45. The predicted molar refractivity (Wildman–Crippen MR) is 158 cm³/mol. The van der Waals surface area contributed by atoms with Gasteiger partial charge in [0.2, 0.25) is 11.8 Å². The minimum absolute atomic E-state index is 0.0265. The Balaban J connectivity index is 1.57. The molecule has 3 aromatic rings. The topological polar surface area (TPSA) is 104 Å². The van der Waals surface area contributed by atoms with Crippen LogP contribution in [0.2, 0.25) is 5.02 Å². The van der Waals surface area contributed by atoms with Gasteiger partial charge in [-0.2, -0.15) is 0 Å². The maximum Gasteiger partial charge on any atom is 0.269 e. The molecule has 41 heavy (non-hydrogen) atoms. The number of fused-ring (bicyclic) bond motifs is 1. The van der Waals surface area contributed by atoms with E-state index >= 15 is 0 Å². The van der Waals surface area contributed by atoms with Gasteiger partial charge in [-0.1, -0.05) is 86.1 Å². The van der Waals surface area contributed by atoms with Gasteiger partial charge in [-0.05, 0) is 41.7 Å². The van der Waals surface area contributed by atoms with E-state index in [9.17, 15) is 22.8 Å². The molecule has 3 aromatic carbocycles. The van der Waals surface area contributed by atoms with Gasteiger partial charge in [0, 0.05) is 37.5 Å². The van der Waals surface area contributed by atoms with Crippen molar-refractivity contribution in [2.45, 2.75) is 50.6 Å². The Hall–Kier alpha value is -3.69. The molecule has 3 amide bonds. The fourth-order valence-corrected chi connectivity index (χ4v) is 6.56. The first-order valence-electron chi connectivity index (χ1n) is 13.6. The molecular formula is C31H34ClN3O5S. The van der Waals surface area contributed by atoms with E-state index in [1.54, 1.807) is 30.3 Å². The van der Waals surface area contributed by atoms with E-state index in [0.29, 0.717) is 17.1 Å². The van der Waals surface area contributed by atoms with E-state index in [-0.39, 0.29) is 60.5 Å². The standard InChI is InChI=1S/C31H34ClN3O5S/c1-22(2)20-33-30(37)27(19-23-11-4-3-5-12-23)34(21-24-13-6-8-15-26(24)32)29(36)17-10-18-35-31(38)25-14-7-9-16-28(25)41(35,39)40/h3-9,11-16,22,27H,10,17-21H2,1-2H3,(H,33,37)/t27-/m1/s1. The van der Waals surface area contributed by atoms with Crippen LogP contribution in [0.5, 0.6) is 0 Å². The summed E-state index contributed by atoms with van der Waals surface area (Å²) in [4.78, 5) is 41.7. The lowest BCUT2D eigenvalue weighted by molar-refractivity contribution is -0.141. The monoisotopic (exact) mass is 595 g/mol.